The van der Waals surface area contributed by atoms with Crippen LogP contribution in [0, 0.1) is 5.82 Å². The lowest BCUT2D eigenvalue weighted by Crippen LogP contribution is -2.12. The second-order valence-electron chi connectivity index (χ2n) is 6.54. The third kappa shape index (κ3) is 3.59. The van der Waals surface area contributed by atoms with E-state index in [0.29, 0.717) is 22.6 Å². The summed E-state index contributed by atoms with van der Waals surface area (Å²) in [4.78, 5) is 0. The molecular weight excluding hydrogens is 429 g/mol. The predicted octanol–water partition coefficient (Wildman–Crippen LogP) is 6.64. The van der Waals surface area contributed by atoms with Crippen LogP contribution in [-0.4, -0.2) is 14.2 Å². The summed E-state index contributed by atoms with van der Waals surface area (Å²) in [6.07, 6.45) is 0. The van der Waals surface area contributed by atoms with Gasteiger partial charge < -0.3 is 18.1 Å². The summed E-state index contributed by atoms with van der Waals surface area (Å²) in [5, 5.41) is -1.44. The van der Waals surface area contributed by atoms with Crippen LogP contribution >= 0.6 is 15.2 Å². The normalized spacial score (nSPS) is 15.7. The van der Waals surface area contributed by atoms with E-state index < -0.39 is 26.4 Å². The molecule has 0 bridgehead atoms. The Morgan fingerprint density at radius 3 is 1.77 bits per heavy atom. The van der Waals surface area contributed by atoms with Gasteiger partial charge in [0.15, 0.2) is 0 Å². The Bertz CT molecular complexity index is 1100. The summed E-state index contributed by atoms with van der Waals surface area (Å²) in [5.41, 5.74) is 1.59. The fourth-order valence-corrected chi connectivity index (χ4v) is 8.34. The third-order valence-corrected chi connectivity index (χ3v) is 10.2. The van der Waals surface area contributed by atoms with Crippen LogP contribution in [0.5, 0.6) is 11.5 Å². The van der Waals surface area contributed by atoms with Crippen molar-refractivity contribution in [1.82, 2.24) is 0 Å². The molecule has 1 unspecified atom stereocenters. The second-order valence-corrected chi connectivity index (χ2v) is 11.2. The molecule has 1 aliphatic heterocycles. The number of halogens is 1. The molecule has 3 aromatic carbocycles. The van der Waals surface area contributed by atoms with E-state index in [2.05, 4.69) is 0 Å². The summed E-state index contributed by atoms with van der Waals surface area (Å²) >= 11 is 0. The molecule has 1 aliphatic rings. The zero-order valence-corrected chi connectivity index (χ0v) is 18.0. The van der Waals surface area contributed by atoms with Crippen LogP contribution in [0.25, 0.3) is 11.1 Å². The van der Waals surface area contributed by atoms with Crippen molar-refractivity contribution < 1.29 is 31.6 Å². The molecule has 0 spiro atoms. The van der Waals surface area contributed by atoms with E-state index in [4.69, 9.17) is 18.1 Å². The first kappa shape index (κ1) is 20.8. The van der Waals surface area contributed by atoms with Crippen LogP contribution in [0.15, 0.2) is 72.8 Å². The lowest BCUT2D eigenvalue weighted by Gasteiger charge is -2.30. The van der Waals surface area contributed by atoms with E-state index in [-0.39, 0.29) is 5.56 Å². The molecular formula is C21H19FO6P2. The Hall–Kier alpha value is -2.43. The van der Waals surface area contributed by atoms with Crippen molar-refractivity contribution in [2.45, 2.75) is 5.40 Å². The lowest BCUT2D eigenvalue weighted by molar-refractivity contribution is 0.268. The zero-order chi connectivity index (χ0) is 21.4. The van der Waals surface area contributed by atoms with E-state index >= 15 is 0 Å². The molecule has 9 heteroatoms. The molecule has 0 aliphatic carbocycles. The van der Waals surface area contributed by atoms with Gasteiger partial charge in [0.1, 0.15) is 17.3 Å². The summed E-state index contributed by atoms with van der Waals surface area (Å²) in [6, 6.07) is 19.1. The van der Waals surface area contributed by atoms with Crippen LogP contribution in [0.2, 0.25) is 0 Å². The zero-order valence-electron chi connectivity index (χ0n) is 16.2. The highest BCUT2D eigenvalue weighted by Crippen LogP contribution is 2.78. The molecule has 6 nitrogen and oxygen atoms in total. The Labute approximate surface area is 173 Å². The predicted molar refractivity (Wildman–Crippen MR) is 112 cm³/mol. The minimum absolute atomic E-state index is 0.239. The van der Waals surface area contributed by atoms with Gasteiger partial charge in [0, 0.05) is 25.3 Å². The van der Waals surface area contributed by atoms with Gasteiger partial charge in [-0.3, -0.25) is 4.57 Å². The largest absolute Gasteiger partial charge is 0.450 e. The number of rotatable bonds is 5. The molecule has 156 valence electrons. The van der Waals surface area contributed by atoms with Gasteiger partial charge in [0.25, 0.3) is 0 Å². The molecule has 0 N–H and O–H groups in total. The minimum atomic E-state index is -4.26. The number of hydrogen-bond donors (Lipinski definition) is 0. The first-order valence-electron chi connectivity index (χ1n) is 9.04. The molecule has 0 radical (unpaired) electrons. The van der Waals surface area contributed by atoms with Crippen LogP contribution in [-0.2, 0) is 18.2 Å². The highest BCUT2D eigenvalue weighted by molar-refractivity contribution is 7.72. The molecule has 3 aromatic rings. The topological polar surface area (TPSA) is 71.1 Å². The number of fused-ring (bicyclic) bond motifs is 3. The number of benzene rings is 3. The SMILES string of the molecule is COP(=O)(OC)C(c1ccc(F)cc1)P1(=O)Oc2ccccc2-c2ccccc2O1. The first-order valence-corrected chi connectivity index (χ1v) is 12.3. The monoisotopic (exact) mass is 448 g/mol. The fourth-order valence-electron chi connectivity index (χ4n) is 3.38. The smallest absolute Gasteiger partial charge is 0.415 e. The maximum atomic E-state index is 14.3. The first-order chi connectivity index (χ1) is 14.4. The fraction of sp³-hybridized carbons (Fsp3) is 0.143. The van der Waals surface area contributed by atoms with Crippen LogP contribution in [0.4, 0.5) is 4.39 Å². The minimum Gasteiger partial charge on any atom is -0.415 e. The molecule has 0 aromatic heterocycles. The Balaban J connectivity index is 1.96. The Kier molecular flexibility index (Phi) is 5.56. The van der Waals surface area contributed by atoms with Crippen molar-refractivity contribution in [1.29, 1.82) is 0 Å². The van der Waals surface area contributed by atoms with Crippen molar-refractivity contribution in [2.75, 3.05) is 14.2 Å². The maximum absolute atomic E-state index is 14.3. The van der Waals surface area contributed by atoms with Crippen molar-refractivity contribution in [3.05, 3.63) is 84.2 Å². The van der Waals surface area contributed by atoms with Gasteiger partial charge >= 0.3 is 15.2 Å². The van der Waals surface area contributed by atoms with E-state index in [1.807, 2.05) is 24.3 Å². The molecule has 0 fully saturated rings. The van der Waals surface area contributed by atoms with E-state index in [9.17, 15) is 13.5 Å². The van der Waals surface area contributed by atoms with E-state index in [1.54, 1.807) is 24.3 Å². The van der Waals surface area contributed by atoms with Crippen molar-refractivity contribution in [2.24, 2.45) is 0 Å². The average Bonchev–Trinajstić information content (AvgIpc) is 2.88. The summed E-state index contributed by atoms with van der Waals surface area (Å²) in [6.45, 7) is 0. The molecule has 30 heavy (non-hydrogen) atoms. The van der Waals surface area contributed by atoms with E-state index in [1.165, 1.54) is 38.5 Å². The number of para-hydroxylation sites is 2. The van der Waals surface area contributed by atoms with Gasteiger partial charge in [-0.2, -0.15) is 0 Å². The lowest BCUT2D eigenvalue weighted by atomic mass is 10.0. The van der Waals surface area contributed by atoms with Crippen LogP contribution in [0.3, 0.4) is 0 Å². The summed E-state index contributed by atoms with van der Waals surface area (Å²) in [5.74, 6) is 0.104. The van der Waals surface area contributed by atoms with E-state index in [0.717, 1.165) is 0 Å². The van der Waals surface area contributed by atoms with Gasteiger partial charge in [-0.15, -0.1) is 0 Å². The van der Waals surface area contributed by atoms with Crippen molar-refractivity contribution in [3.8, 4) is 22.6 Å². The molecule has 0 saturated carbocycles. The molecule has 0 saturated heterocycles. The summed E-state index contributed by atoms with van der Waals surface area (Å²) < 4.78 is 63.5. The van der Waals surface area contributed by atoms with Crippen LogP contribution < -0.4 is 9.05 Å². The summed E-state index contributed by atoms with van der Waals surface area (Å²) in [7, 11) is -5.93. The van der Waals surface area contributed by atoms with Gasteiger partial charge in [-0.25, -0.2) is 8.96 Å². The average molecular weight is 448 g/mol. The van der Waals surface area contributed by atoms with Gasteiger partial charge in [0.2, 0.25) is 5.40 Å². The number of hydrogen-bond acceptors (Lipinski definition) is 6. The molecule has 4 rings (SSSR count). The van der Waals surface area contributed by atoms with Crippen molar-refractivity contribution in [3.63, 3.8) is 0 Å². The molecule has 1 atom stereocenters. The Morgan fingerprint density at radius 2 is 1.30 bits per heavy atom. The Morgan fingerprint density at radius 1 is 0.833 bits per heavy atom. The standard InChI is InChI=1S/C21H19FO6P2/c1-25-29(23,26-2)21(15-11-13-16(22)14-12-15)30(24)27-19-9-5-3-7-17(19)18-8-4-6-10-20(18)28-30/h3-14,21H,1-2H3. The second kappa shape index (κ2) is 8.01. The van der Waals surface area contributed by atoms with Crippen LogP contribution in [0.1, 0.15) is 11.0 Å². The molecule has 0 amide bonds. The highest BCUT2D eigenvalue weighted by atomic mass is 31.2. The third-order valence-electron chi connectivity index (χ3n) is 4.79. The highest BCUT2D eigenvalue weighted by Gasteiger charge is 2.55. The quantitative estimate of drug-likeness (QED) is 0.408. The molecule has 1 heterocycles. The maximum Gasteiger partial charge on any atom is 0.450 e. The van der Waals surface area contributed by atoms with Gasteiger partial charge in [-0.1, -0.05) is 48.5 Å². The van der Waals surface area contributed by atoms with Gasteiger partial charge in [-0.05, 0) is 29.8 Å². The van der Waals surface area contributed by atoms with Crippen molar-refractivity contribution >= 4 is 15.2 Å². The van der Waals surface area contributed by atoms with Gasteiger partial charge in [0.05, 0.1) is 0 Å².